The zero-order valence-corrected chi connectivity index (χ0v) is 18.8. The maximum atomic E-state index is 13.6. The first-order valence-electron chi connectivity index (χ1n) is 9.91. The maximum absolute atomic E-state index is 13.6. The largest absolute Gasteiger partial charge is 0.376 e. The van der Waals surface area contributed by atoms with E-state index >= 15 is 0 Å². The molecule has 1 fully saturated rings. The summed E-state index contributed by atoms with van der Waals surface area (Å²) in [6, 6.07) is 14.3. The molecule has 2 heterocycles. The first kappa shape index (κ1) is 21.2. The number of nitrogens with zero attached hydrogens (tertiary/aromatic N) is 2. The van der Waals surface area contributed by atoms with Crippen LogP contribution in [0.1, 0.15) is 24.1 Å². The van der Waals surface area contributed by atoms with Gasteiger partial charge in [0.25, 0.3) is 0 Å². The van der Waals surface area contributed by atoms with Crippen LogP contribution in [0, 0.1) is 5.82 Å². The van der Waals surface area contributed by atoms with Crippen LogP contribution in [0.25, 0.3) is 10.6 Å². The molecule has 4 nitrogen and oxygen atoms in total. The van der Waals surface area contributed by atoms with Gasteiger partial charge in [0.05, 0.1) is 18.2 Å². The molecular weight excluding hydrogens is 467 g/mol. The number of halogens is 2. The Morgan fingerprint density at radius 2 is 2.13 bits per heavy atom. The van der Waals surface area contributed by atoms with Crippen LogP contribution >= 0.6 is 27.3 Å². The van der Waals surface area contributed by atoms with Gasteiger partial charge in [0, 0.05) is 35.1 Å². The maximum Gasteiger partial charge on any atom is 0.229 e. The number of hydrogen-bond acceptors (Lipinski definition) is 4. The molecule has 1 amide bonds. The second kappa shape index (κ2) is 9.81. The molecule has 0 radical (unpaired) electrons. The van der Waals surface area contributed by atoms with E-state index < -0.39 is 0 Å². The third-order valence-corrected chi connectivity index (χ3v) is 6.45. The van der Waals surface area contributed by atoms with Crippen LogP contribution in [0.15, 0.2) is 58.4 Å². The normalized spacial score (nSPS) is 16.0. The number of hydrogen-bond donors (Lipinski definition) is 0. The molecule has 1 unspecified atom stereocenters. The van der Waals surface area contributed by atoms with E-state index in [1.54, 1.807) is 11.0 Å². The topological polar surface area (TPSA) is 42.4 Å². The van der Waals surface area contributed by atoms with E-state index in [9.17, 15) is 9.18 Å². The van der Waals surface area contributed by atoms with Crippen molar-refractivity contribution in [1.82, 2.24) is 9.88 Å². The molecular formula is C23H22BrFN2O2S. The number of amides is 1. The zero-order chi connectivity index (χ0) is 20.9. The third kappa shape index (κ3) is 5.53. The molecule has 0 N–H and O–H groups in total. The number of aromatic nitrogens is 1. The van der Waals surface area contributed by atoms with Crippen LogP contribution in [-0.4, -0.2) is 35.0 Å². The predicted molar refractivity (Wildman–Crippen MR) is 120 cm³/mol. The van der Waals surface area contributed by atoms with Crippen molar-refractivity contribution < 1.29 is 13.9 Å². The van der Waals surface area contributed by atoms with Gasteiger partial charge in [0.15, 0.2) is 0 Å². The SMILES string of the molecule is O=C(Cc1csc(-c2cccc(Br)c2)n1)N(Cc1cccc(F)c1)CC1CCCO1. The zero-order valence-electron chi connectivity index (χ0n) is 16.4. The highest BCUT2D eigenvalue weighted by atomic mass is 79.9. The van der Waals surface area contributed by atoms with Crippen molar-refractivity contribution >= 4 is 33.2 Å². The molecule has 4 rings (SSSR count). The number of rotatable bonds is 7. The van der Waals surface area contributed by atoms with E-state index in [1.165, 1.54) is 23.5 Å². The highest BCUT2D eigenvalue weighted by Gasteiger charge is 2.23. The van der Waals surface area contributed by atoms with Crippen molar-refractivity contribution in [1.29, 1.82) is 0 Å². The number of carbonyl (C=O) groups is 1. The standard InChI is InChI=1S/C23H22BrFN2O2S/c24-18-6-2-5-17(11-18)23-26-20(15-30-23)12-22(28)27(14-21-8-3-9-29-21)13-16-4-1-7-19(25)10-16/h1-2,4-7,10-11,15,21H,3,8-9,12-14H2. The third-order valence-electron chi connectivity index (χ3n) is 5.02. The highest BCUT2D eigenvalue weighted by molar-refractivity contribution is 9.10. The molecule has 1 aliphatic rings. The summed E-state index contributed by atoms with van der Waals surface area (Å²) in [6.45, 7) is 1.60. The average Bonchev–Trinajstić information content (AvgIpc) is 3.40. The molecule has 7 heteroatoms. The van der Waals surface area contributed by atoms with Crippen LogP contribution in [0.4, 0.5) is 4.39 Å². The molecule has 3 aromatic rings. The lowest BCUT2D eigenvalue weighted by atomic mass is 10.1. The lowest BCUT2D eigenvalue weighted by Crippen LogP contribution is -2.38. The predicted octanol–water partition coefficient (Wildman–Crippen LogP) is 5.46. The fourth-order valence-corrected chi connectivity index (χ4v) is 4.77. The Hall–Kier alpha value is -2.09. The number of ether oxygens (including phenoxy) is 1. The molecule has 1 aliphatic heterocycles. The van der Waals surface area contributed by atoms with Crippen molar-refractivity contribution in [2.24, 2.45) is 0 Å². The van der Waals surface area contributed by atoms with Gasteiger partial charge >= 0.3 is 0 Å². The molecule has 1 saturated heterocycles. The Morgan fingerprint density at radius 3 is 2.90 bits per heavy atom. The highest BCUT2D eigenvalue weighted by Crippen LogP contribution is 2.26. The van der Waals surface area contributed by atoms with Crippen LogP contribution in [-0.2, 0) is 22.5 Å². The fraction of sp³-hybridized carbons (Fsp3) is 0.304. The Kier molecular flexibility index (Phi) is 6.92. The first-order chi connectivity index (χ1) is 14.6. The summed E-state index contributed by atoms with van der Waals surface area (Å²) < 4.78 is 20.3. The quantitative estimate of drug-likeness (QED) is 0.443. The van der Waals surface area contributed by atoms with Gasteiger partial charge in [-0.15, -0.1) is 11.3 Å². The first-order valence-corrected chi connectivity index (χ1v) is 11.6. The number of benzene rings is 2. The minimum atomic E-state index is -0.296. The Bertz CT molecular complexity index is 1020. The van der Waals surface area contributed by atoms with Crippen LogP contribution < -0.4 is 0 Å². The number of carbonyl (C=O) groups excluding carboxylic acids is 1. The van der Waals surface area contributed by atoms with Gasteiger partial charge in [0.1, 0.15) is 10.8 Å². The Balaban J connectivity index is 1.48. The van der Waals surface area contributed by atoms with Gasteiger partial charge < -0.3 is 9.64 Å². The molecule has 156 valence electrons. The van der Waals surface area contributed by atoms with Gasteiger partial charge in [-0.05, 0) is 42.7 Å². The average molecular weight is 489 g/mol. The summed E-state index contributed by atoms with van der Waals surface area (Å²) in [5.74, 6) is -0.323. The van der Waals surface area contributed by atoms with Crippen LogP contribution in [0.3, 0.4) is 0 Å². The smallest absolute Gasteiger partial charge is 0.229 e. The van der Waals surface area contributed by atoms with Crippen LogP contribution in [0.5, 0.6) is 0 Å². The Labute approximate surface area is 187 Å². The minimum absolute atomic E-state index is 0.0270. The lowest BCUT2D eigenvalue weighted by molar-refractivity contribution is -0.132. The van der Waals surface area contributed by atoms with Gasteiger partial charge in [-0.25, -0.2) is 9.37 Å². The fourth-order valence-electron chi connectivity index (χ4n) is 3.55. The van der Waals surface area contributed by atoms with Crippen LogP contribution in [0.2, 0.25) is 0 Å². The summed E-state index contributed by atoms with van der Waals surface area (Å²) in [5, 5.41) is 2.82. The number of thiazole rings is 1. The van der Waals surface area contributed by atoms with E-state index in [4.69, 9.17) is 4.74 Å². The molecule has 2 aromatic carbocycles. The summed E-state index contributed by atoms with van der Waals surface area (Å²) in [5.41, 5.74) is 2.54. The molecule has 0 saturated carbocycles. The summed E-state index contributed by atoms with van der Waals surface area (Å²) in [4.78, 5) is 19.5. The second-order valence-corrected chi connectivity index (χ2v) is 9.14. The van der Waals surface area contributed by atoms with Crippen molar-refractivity contribution in [2.45, 2.75) is 31.9 Å². The summed E-state index contributed by atoms with van der Waals surface area (Å²) >= 11 is 5.01. The Morgan fingerprint density at radius 1 is 1.27 bits per heavy atom. The van der Waals surface area contributed by atoms with Gasteiger partial charge in [-0.3, -0.25) is 4.79 Å². The monoisotopic (exact) mass is 488 g/mol. The summed E-state index contributed by atoms with van der Waals surface area (Å²) in [6.07, 6.45) is 2.20. The van der Waals surface area contributed by atoms with E-state index in [0.29, 0.717) is 13.1 Å². The van der Waals surface area contributed by atoms with Crippen molar-refractivity contribution in [3.63, 3.8) is 0 Å². The van der Waals surface area contributed by atoms with E-state index in [1.807, 2.05) is 35.7 Å². The van der Waals surface area contributed by atoms with E-state index in [0.717, 1.165) is 45.7 Å². The molecule has 1 atom stereocenters. The van der Waals surface area contributed by atoms with Gasteiger partial charge in [-0.1, -0.05) is 40.2 Å². The van der Waals surface area contributed by atoms with Crippen molar-refractivity contribution in [3.8, 4) is 10.6 Å². The lowest BCUT2D eigenvalue weighted by Gasteiger charge is -2.25. The molecule has 30 heavy (non-hydrogen) atoms. The van der Waals surface area contributed by atoms with E-state index in [2.05, 4.69) is 20.9 Å². The van der Waals surface area contributed by atoms with E-state index in [-0.39, 0.29) is 24.2 Å². The molecule has 0 bridgehead atoms. The summed E-state index contributed by atoms with van der Waals surface area (Å²) in [7, 11) is 0. The van der Waals surface area contributed by atoms with Gasteiger partial charge in [-0.2, -0.15) is 0 Å². The minimum Gasteiger partial charge on any atom is -0.376 e. The molecule has 0 spiro atoms. The van der Waals surface area contributed by atoms with Crippen molar-refractivity contribution in [2.75, 3.05) is 13.2 Å². The van der Waals surface area contributed by atoms with Crippen molar-refractivity contribution in [3.05, 3.63) is 75.5 Å². The van der Waals surface area contributed by atoms with Gasteiger partial charge in [0.2, 0.25) is 5.91 Å². The second-order valence-electron chi connectivity index (χ2n) is 7.37. The molecule has 1 aromatic heterocycles. The molecule has 0 aliphatic carbocycles.